The molecule has 3 heteroatoms. The van der Waals surface area contributed by atoms with Gasteiger partial charge >= 0.3 is 0 Å². The van der Waals surface area contributed by atoms with Crippen LogP contribution in [0.25, 0.3) is 11.0 Å². The SMILES string of the molecule is CC(C)(C)C(=O)c1c[nH]c2ncccc12. The number of carbonyl (C=O) groups is 1. The van der Waals surface area contributed by atoms with Crippen LogP contribution < -0.4 is 0 Å². The number of carbonyl (C=O) groups excluding carboxylic acids is 1. The van der Waals surface area contributed by atoms with E-state index in [-0.39, 0.29) is 11.2 Å². The lowest BCUT2D eigenvalue weighted by Gasteiger charge is -2.15. The number of Topliss-reactive ketones (excluding diaryl/α,β-unsaturated/α-hetero) is 1. The Hall–Kier alpha value is -1.64. The first-order valence-electron chi connectivity index (χ1n) is 4.97. The number of aromatic nitrogens is 2. The fourth-order valence-electron chi connectivity index (χ4n) is 1.55. The number of hydrogen-bond donors (Lipinski definition) is 1. The molecule has 0 saturated carbocycles. The van der Waals surface area contributed by atoms with Gasteiger partial charge in [0.1, 0.15) is 5.65 Å². The number of hydrogen-bond acceptors (Lipinski definition) is 2. The predicted molar refractivity (Wildman–Crippen MR) is 59.9 cm³/mol. The summed E-state index contributed by atoms with van der Waals surface area (Å²) in [6, 6.07) is 3.76. The quantitative estimate of drug-likeness (QED) is 0.723. The van der Waals surface area contributed by atoms with Gasteiger partial charge in [-0.3, -0.25) is 4.79 Å². The molecule has 2 heterocycles. The van der Waals surface area contributed by atoms with E-state index < -0.39 is 0 Å². The van der Waals surface area contributed by atoms with E-state index in [0.717, 1.165) is 16.6 Å². The molecule has 3 nitrogen and oxygen atoms in total. The number of nitrogens with zero attached hydrogens (tertiary/aromatic N) is 1. The Bertz CT molecular complexity index is 506. The Morgan fingerprint density at radius 3 is 2.80 bits per heavy atom. The van der Waals surface area contributed by atoms with Gasteiger partial charge in [0.05, 0.1) is 0 Å². The fourth-order valence-corrected chi connectivity index (χ4v) is 1.55. The monoisotopic (exact) mass is 202 g/mol. The largest absolute Gasteiger partial charge is 0.345 e. The molecule has 78 valence electrons. The van der Waals surface area contributed by atoms with Crippen molar-refractivity contribution < 1.29 is 4.79 Å². The number of fused-ring (bicyclic) bond motifs is 1. The van der Waals surface area contributed by atoms with Gasteiger partial charge in [0.25, 0.3) is 0 Å². The van der Waals surface area contributed by atoms with Gasteiger partial charge in [0.2, 0.25) is 0 Å². The second-order valence-electron chi connectivity index (χ2n) is 4.68. The average Bonchev–Trinajstić information content (AvgIpc) is 2.58. The Morgan fingerprint density at radius 2 is 2.13 bits per heavy atom. The molecule has 0 aliphatic carbocycles. The molecule has 0 aromatic carbocycles. The summed E-state index contributed by atoms with van der Waals surface area (Å²) in [5, 5.41) is 0.900. The molecule has 0 aliphatic rings. The van der Waals surface area contributed by atoms with Crippen LogP contribution in [0, 0.1) is 5.41 Å². The first kappa shape index (κ1) is 9.90. The highest BCUT2D eigenvalue weighted by atomic mass is 16.1. The lowest BCUT2D eigenvalue weighted by molar-refractivity contribution is 0.0860. The van der Waals surface area contributed by atoms with Crippen molar-refractivity contribution in [1.82, 2.24) is 9.97 Å². The molecule has 0 fully saturated rings. The molecule has 0 aliphatic heterocycles. The van der Waals surface area contributed by atoms with Crippen molar-refractivity contribution >= 4 is 16.8 Å². The van der Waals surface area contributed by atoms with Crippen molar-refractivity contribution in [3.63, 3.8) is 0 Å². The van der Waals surface area contributed by atoms with Gasteiger partial charge in [-0.05, 0) is 12.1 Å². The minimum absolute atomic E-state index is 0.141. The standard InChI is InChI=1S/C12H14N2O/c1-12(2,3)10(15)9-7-14-11-8(9)5-4-6-13-11/h4-7H,1-3H3,(H,13,14). The van der Waals surface area contributed by atoms with Gasteiger partial charge in [0, 0.05) is 28.8 Å². The van der Waals surface area contributed by atoms with Gasteiger partial charge in [-0.1, -0.05) is 20.8 Å². The maximum atomic E-state index is 12.1. The molecule has 15 heavy (non-hydrogen) atoms. The molecule has 0 radical (unpaired) electrons. The van der Waals surface area contributed by atoms with Crippen molar-refractivity contribution in [3.05, 3.63) is 30.1 Å². The van der Waals surface area contributed by atoms with E-state index >= 15 is 0 Å². The zero-order valence-corrected chi connectivity index (χ0v) is 9.16. The first-order valence-corrected chi connectivity index (χ1v) is 4.97. The molecule has 2 rings (SSSR count). The number of pyridine rings is 1. The predicted octanol–water partition coefficient (Wildman–Crippen LogP) is 2.79. The summed E-state index contributed by atoms with van der Waals surface area (Å²) in [4.78, 5) is 19.3. The Labute approximate surface area is 88.5 Å². The Balaban J connectivity index is 2.58. The first-order chi connectivity index (χ1) is 7.00. The lowest BCUT2D eigenvalue weighted by Crippen LogP contribution is -2.19. The van der Waals surface area contributed by atoms with E-state index in [0.29, 0.717) is 0 Å². The second-order valence-corrected chi connectivity index (χ2v) is 4.68. The molecule has 1 N–H and O–H groups in total. The van der Waals surface area contributed by atoms with Crippen LogP contribution in [0.3, 0.4) is 0 Å². The zero-order valence-electron chi connectivity index (χ0n) is 9.16. The van der Waals surface area contributed by atoms with Crippen LogP contribution in [0.4, 0.5) is 0 Å². The van der Waals surface area contributed by atoms with Crippen LogP contribution in [0.15, 0.2) is 24.5 Å². The highest BCUT2D eigenvalue weighted by Crippen LogP contribution is 2.25. The van der Waals surface area contributed by atoms with Gasteiger partial charge in [-0.2, -0.15) is 0 Å². The van der Waals surface area contributed by atoms with Crippen LogP contribution in [0.5, 0.6) is 0 Å². The molecule has 0 atom stereocenters. The molecular weight excluding hydrogens is 188 g/mol. The average molecular weight is 202 g/mol. The zero-order chi connectivity index (χ0) is 11.1. The number of rotatable bonds is 1. The summed E-state index contributed by atoms with van der Waals surface area (Å²) in [6.45, 7) is 5.76. The topological polar surface area (TPSA) is 45.8 Å². The van der Waals surface area contributed by atoms with Gasteiger partial charge in [-0.25, -0.2) is 4.98 Å². The number of aromatic amines is 1. The minimum Gasteiger partial charge on any atom is -0.345 e. The van der Waals surface area contributed by atoms with Crippen molar-refractivity contribution in [2.45, 2.75) is 20.8 Å². The third kappa shape index (κ3) is 1.65. The summed E-state index contributed by atoms with van der Waals surface area (Å²) in [5.41, 5.74) is 1.14. The van der Waals surface area contributed by atoms with Crippen molar-refractivity contribution in [3.8, 4) is 0 Å². The number of ketones is 1. The van der Waals surface area contributed by atoms with Gasteiger partial charge in [-0.15, -0.1) is 0 Å². The molecule has 2 aromatic rings. The summed E-state index contributed by atoms with van der Waals surface area (Å²) in [7, 11) is 0. The van der Waals surface area contributed by atoms with Crippen molar-refractivity contribution in [1.29, 1.82) is 0 Å². The van der Waals surface area contributed by atoms with Crippen molar-refractivity contribution in [2.24, 2.45) is 5.41 Å². The smallest absolute Gasteiger partial charge is 0.170 e. The highest BCUT2D eigenvalue weighted by molar-refractivity contribution is 6.09. The molecular formula is C12H14N2O. The van der Waals surface area contributed by atoms with Crippen molar-refractivity contribution in [2.75, 3.05) is 0 Å². The van der Waals surface area contributed by atoms with Crippen LogP contribution in [0.2, 0.25) is 0 Å². The van der Waals surface area contributed by atoms with E-state index in [2.05, 4.69) is 9.97 Å². The van der Waals surface area contributed by atoms with Crippen LogP contribution >= 0.6 is 0 Å². The normalized spacial score (nSPS) is 11.9. The summed E-state index contributed by atoms with van der Waals surface area (Å²) >= 11 is 0. The van der Waals surface area contributed by atoms with Crippen LogP contribution in [-0.4, -0.2) is 15.8 Å². The highest BCUT2D eigenvalue weighted by Gasteiger charge is 2.25. The summed E-state index contributed by atoms with van der Waals surface area (Å²) in [5.74, 6) is 0.141. The Morgan fingerprint density at radius 1 is 1.40 bits per heavy atom. The third-order valence-corrected chi connectivity index (χ3v) is 2.38. The Kier molecular flexibility index (Phi) is 2.11. The molecule has 0 unspecified atom stereocenters. The molecule has 0 bridgehead atoms. The fraction of sp³-hybridized carbons (Fsp3) is 0.333. The maximum Gasteiger partial charge on any atom is 0.170 e. The molecule has 0 saturated heterocycles. The maximum absolute atomic E-state index is 12.1. The van der Waals surface area contributed by atoms with E-state index in [1.807, 2.05) is 32.9 Å². The summed E-state index contributed by atoms with van der Waals surface area (Å²) in [6.07, 6.45) is 3.45. The lowest BCUT2D eigenvalue weighted by atomic mass is 9.87. The molecule has 0 spiro atoms. The van der Waals surface area contributed by atoms with E-state index in [1.165, 1.54) is 0 Å². The van der Waals surface area contributed by atoms with Crippen LogP contribution in [-0.2, 0) is 0 Å². The minimum atomic E-state index is -0.356. The van der Waals surface area contributed by atoms with Gasteiger partial charge in [0.15, 0.2) is 5.78 Å². The van der Waals surface area contributed by atoms with Crippen LogP contribution in [0.1, 0.15) is 31.1 Å². The molecule has 2 aromatic heterocycles. The number of H-pyrrole nitrogens is 1. The van der Waals surface area contributed by atoms with E-state index in [9.17, 15) is 4.79 Å². The van der Waals surface area contributed by atoms with E-state index in [1.54, 1.807) is 12.4 Å². The third-order valence-electron chi connectivity index (χ3n) is 2.38. The second kappa shape index (κ2) is 3.19. The van der Waals surface area contributed by atoms with E-state index in [4.69, 9.17) is 0 Å². The molecule has 0 amide bonds. The number of nitrogens with one attached hydrogen (secondary N) is 1. The van der Waals surface area contributed by atoms with Gasteiger partial charge < -0.3 is 4.98 Å². The summed E-state index contributed by atoms with van der Waals surface area (Å²) < 4.78 is 0.